The van der Waals surface area contributed by atoms with E-state index in [1.54, 1.807) is 11.8 Å². The maximum absolute atomic E-state index is 10.7. The first-order valence-electron chi connectivity index (χ1n) is 5.93. The third-order valence-corrected chi connectivity index (χ3v) is 3.93. The Morgan fingerprint density at radius 1 is 1.35 bits per heavy atom. The van der Waals surface area contributed by atoms with Crippen LogP contribution in [0.2, 0.25) is 0 Å². The molecular formula is C13H19NO2S. The molecular weight excluding hydrogens is 234 g/mol. The van der Waals surface area contributed by atoms with Gasteiger partial charge in [0.25, 0.3) is 0 Å². The third-order valence-electron chi connectivity index (χ3n) is 2.58. The lowest BCUT2D eigenvalue weighted by atomic mass is 10.1. The number of unbranched alkanes of at least 4 members (excludes halogenated alkanes) is 1. The van der Waals surface area contributed by atoms with Crippen LogP contribution in [0.15, 0.2) is 24.3 Å². The van der Waals surface area contributed by atoms with Crippen molar-refractivity contribution in [2.45, 2.75) is 31.9 Å². The molecule has 0 amide bonds. The lowest BCUT2D eigenvalue weighted by molar-refractivity contribution is -0.479. The summed E-state index contributed by atoms with van der Waals surface area (Å²) in [5.41, 5.74) is 2.25. The van der Waals surface area contributed by atoms with Crippen LogP contribution in [-0.4, -0.2) is 17.2 Å². The first-order chi connectivity index (χ1) is 8.13. The van der Waals surface area contributed by atoms with Crippen molar-refractivity contribution in [3.63, 3.8) is 0 Å². The number of hydrogen-bond donors (Lipinski definition) is 0. The Hall–Kier alpha value is -1.03. The van der Waals surface area contributed by atoms with Gasteiger partial charge in [-0.1, -0.05) is 43.2 Å². The summed E-state index contributed by atoms with van der Waals surface area (Å²) in [6.45, 7) is 4.17. The van der Waals surface area contributed by atoms with E-state index >= 15 is 0 Å². The Morgan fingerprint density at radius 3 is 2.53 bits per heavy atom. The van der Waals surface area contributed by atoms with Gasteiger partial charge in [0.2, 0.25) is 6.54 Å². The van der Waals surface area contributed by atoms with Crippen LogP contribution in [0.5, 0.6) is 0 Å². The van der Waals surface area contributed by atoms with Crippen LogP contribution in [-0.2, 0) is 0 Å². The van der Waals surface area contributed by atoms with E-state index < -0.39 is 0 Å². The van der Waals surface area contributed by atoms with Gasteiger partial charge in [-0.05, 0) is 24.7 Å². The quantitative estimate of drug-likeness (QED) is 0.421. The van der Waals surface area contributed by atoms with Gasteiger partial charge in [0, 0.05) is 4.92 Å². The summed E-state index contributed by atoms with van der Waals surface area (Å²) in [5.74, 6) is 0.989. The van der Waals surface area contributed by atoms with Crippen LogP contribution in [0.25, 0.3) is 0 Å². The maximum atomic E-state index is 10.7. The minimum absolute atomic E-state index is 0.0114. The van der Waals surface area contributed by atoms with Gasteiger partial charge >= 0.3 is 0 Å². The van der Waals surface area contributed by atoms with E-state index in [2.05, 4.69) is 6.92 Å². The summed E-state index contributed by atoms with van der Waals surface area (Å²) in [5, 5.41) is 10.7. The van der Waals surface area contributed by atoms with Crippen molar-refractivity contribution >= 4 is 11.8 Å². The molecule has 0 saturated carbocycles. The van der Waals surface area contributed by atoms with Gasteiger partial charge in [-0.3, -0.25) is 10.1 Å². The normalized spacial score (nSPS) is 12.4. The van der Waals surface area contributed by atoms with E-state index in [-0.39, 0.29) is 16.7 Å². The van der Waals surface area contributed by atoms with Crippen molar-refractivity contribution in [3.8, 4) is 0 Å². The van der Waals surface area contributed by atoms with E-state index in [0.717, 1.165) is 24.2 Å². The fourth-order valence-corrected chi connectivity index (χ4v) is 2.86. The summed E-state index contributed by atoms with van der Waals surface area (Å²) in [6, 6.07) is 8.04. The van der Waals surface area contributed by atoms with Crippen LogP contribution < -0.4 is 0 Å². The fourth-order valence-electron chi connectivity index (χ4n) is 1.54. The molecule has 0 aliphatic heterocycles. The summed E-state index contributed by atoms with van der Waals surface area (Å²) in [6.07, 6.45) is 2.25. The smallest absolute Gasteiger partial charge is 0.219 e. The molecule has 1 aromatic carbocycles. The Labute approximate surface area is 107 Å². The van der Waals surface area contributed by atoms with Crippen LogP contribution in [0.4, 0.5) is 0 Å². The molecule has 0 N–H and O–H groups in total. The zero-order chi connectivity index (χ0) is 12.7. The second-order valence-electron chi connectivity index (χ2n) is 4.14. The molecule has 1 atom stereocenters. The second kappa shape index (κ2) is 7.33. The number of nitrogens with zero attached hydrogens (tertiary/aromatic N) is 1. The highest BCUT2D eigenvalue weighted by molar-refractivity contribution is 7.99. The van der Waals surface area contributed by atoms with E-state index in [4.69, 9.17) is 0 Å². The molecule has 94 valence electrons. The van der Waals surface area contributed by atoms with Crippen molar-refractivity contribution in [1.82, 2.24) is 0 Å². The van der Waals surface area contributed by atoms with Gasteiger partial charge in [-0.15, -0.1) is 11.8 Å². The fraction of sp³-hybridized carbons (Fsp3) is 0.538. The highest BCUT2D eigenvalue weighted by Gasteiger charge is 2.17. The first-order valence-corrected chi connectivity index (χ1v) is 6.98. The van der Waals surface area contributed by atoms with Crippen LogP contribution in [0.1, 0.15) is 36.1 Å². The van der Waals surface area contributed by atoms with Crippen LogP contribution in [0, 0.1) is 17.0 Å². The lowest BCUT2D eigenvalue weighted by Crippen LogP contribution is -2.10. The molecule has 0 aliphatic rings. The molecule has 4 heteroatoms. The van der Waals surface area contributed by atoms with Gasteiger partial charge in [0.15, 0.2) is 0 Å². The van der Waals surface area contributed by atoms with Gasteiger partial charge in [-0.25, -0.2) is 0 Å². The summed E-state index contributed by atoms with van der Waals surface area (Å²) in [4.78, 5) is 10.5. The van der Waals surface area contributed by atoms with Crippen molar-refractivity contribution in [1.29, 1.82) is 0 Å². The van der Waals surface area contributed by atoms with Gasteiger partial charge in [0.1, 0.15) is 0 Å². The van der Waals surface area contributed by atoms with Crippen LogP contribution >= 0.6 is 11.8 Å². The molecule has 3 nitrogen and oxygen atoms in total. The van der Waals surface area contributed by atoms with Gasteiger partial charge in [-0.2, -0.15) is 0 Å². The Balaban J connectivity index is 2.67. The molecule has 0 spiro atoms. The summed E-state index contributed by atoms with van der Waals surface area (Å²) < 4.78 is 0. The molecule has 0 fully saturated rings. The SMILES string of the molecule is CCCCSC(C[N+](=O)[O-])c1ccc(C)cc1. The number of thioether (sulfide) groups is 1. The highest BCUT2D eigenvalue weighted by atomic mass is 32.2. The minimum atomic E-state index is -0.219. The average molecular weight is 253 g/mol. The number of nitro groups is 1. The Bertz CT molecular complexity index is 351. The van der Waals surface area contributed by atoms with Crippen molar-refractivity contribution in [2.75, 3.05) is 12.3 Å². The minimum Gasteiger partial charge on any atom is -0.264 e. The summed E-state index contributed by atoms with van der Waals surface area (Å²) in [7, 11) is 0. The Kier molecular flexibility index (Phi) is 6.05. The number of hydrogen-bond acceptors (Lipinski definition) is 3. The Morgan fingerprint density at radius 2 is 2.00 bits per heavy atom. The van der Waals surface area contributed by atoms with Crippen molar-refractivity contribution in [3.05, 3.63) is 45.5 Å². The lowest BCUT2D eigenvalue weighted by Gasteiger charge is -2.13. The standard InChI is InChI=1S/C13H19NO2S/c1-3-4-9-17-13(10-14(15)16)12-7-5-11(2)6-8-12/h5-8,13H,3-4,9-10H2,1-2H3. The molecule has 0 aromatic heterocycles. The zero-order valence-electron chi connectivity index (χ0n) is 10.4. The average Bonchev–Trinajstić information content (AvgIpc) is 2.28. The second-order valence-corrected chi connectivity index (χ2v) is 5.45. The van der Waals surface area contributed by atoms with Crippen molar-refractivity contribution < 1.29 is 4.92 Å². The number of rotatable bonds is 7. The monoisotopic (exact) mass is 253 g/mol. The van der Waals surface area contributed by atoms with Gasteiger partial charge < -0.3 is 0 Å². The molecule has 0 bridgehead atoms. The number of aryl methyl sites for hydroxylation is 1. The third kappa shape index (κ3) is 5.22. The first kappa shape index (κ1) is 14.0. The van der Waals surface area contributed by atoms with Crippen LogP contribution in [0.3, 0.4) is 0 Å². The zero-order valence-corrected chi connectivity index (χ0v) is 11.2. The molecule has 0 heterocycles. The predicted octanol–water partition coefficient (Wildman–Crippen LogP) is 3.85. The molecule has 0 saturated heterocycles. The highest BCUT2D eigenvalue weighted by Crippen LogP contribution is 2.29. The predicted molar refractivity (Wildman–Crippen MR) is 73.1 cm³/mol. The molecule has 1 aromatic rings. The van der Waals surface area contributed by atoms with Gasteiger partial charge in [0.05, 0.1) is 5.25 Å². The molecule has 0 aliphatic carbocycles. The largest absolute Gasteiger partial charge is 0.264 e. The molecule has 0 radical (unpaired) electrons. The topological polar surface area (TPSA) is 43.1 Å². The number of benzene rings is 1. The van der Waals surface area contributed by atoms with E-state index in [1.165, 1.54) is 5.56 Å². The van der Waals surface area contributed by atoms with E-state index in [1.807, 2.05) is 31.2 Å². The van der Waals surface area contributed by atoms with E-state index in [0.29, 0.717) is 0 Å². The van der Waals surface area contributed by atoms with Crippen molar-refractivity contribution in [2.24, 2.45) is 0 Å². The van der Waals surface area contributed by atoms with E-state index in [9.17, 15) is 10.1 Å². The molecule has 1 rings (SSSR count). The molecule has 17 heavy (non-hydrogen) atoms. The molecule has 1 unspecified atom stereocenters. The maximum Gasteiger partial charge on any atom is 0.219 e. The summed E-state index contributed by atoms with van der Waals surface area (Å²) >= 11 is 1.69.